The first-order chi connectivity index (χ1) is 8.86. The molecule has 0 amide bonds. The Morgan fingerprint density at radius 2 is 2.00 bits per heavy atom. The monoisotopic (exact) mass is 241 g/mol. The number of nitrogens with zero attached hydrogens (tertiary/aromatic N) is 2. The lowest BCUT2D eigenvalue weighted by atomic mass is 9.98. The zero-order chi connectivity index (χ0) is 12.6. The van der Waals surface area contributed by atoms with Gasteiger partial charge in [0, 0.05) is 25.1 Å². The van der Waals surface area contributed by atoms with Gasteiger partial charge in [0.2, 0.25) is 0 Å². The summed E-state index contributed by atoms with van der Waals surface area (Å²) >= 11 is 0. The van der Waals surface area contributed by atoms with E-state index in [-0.39, 0.29) is 0 Å². The molecule has 1 atom stereocenters. The van der Waals surface area contributed by atoms with Crippen LogP contribution in [0.5, 0.6) is 0 Å². The van der Waals surface area contributed by atoms with Crippen molar-refractivity contribution in [2.45, 2.75) is 25.8 Å². The Labute approximate surface area is 108 Å². The number of hydrogen-bond donors (Lipinski definition) is 1. The van der Waals surface area contributed by atoms with Crippen molar-refractivity contribution in [2.24, 2.45) is 0 Å². The summed E-state index contributed by atoms with van der Waals surface area (Å²) in [5.41, 5.74) is 2.39. The molecule has 0 saturated carbocycles. The van der Waals surface area contributed by atoms with Gasteiger partial charge in [-0.3, -0.25) is 9.97 Å². The van der Waals surface area contributed by atoms with E-state index in [1.165, 1.54) is 5.56 Å². The van der Waals surface area contributed by atoms with E-state index in [1.54, 1.807) is 18.6 Å². The maximum Gasteiger partial charge on any atom is 0.0724 e. The van der Waals surface area contributed by atoms with Gasteiger partial charge in [0.05, 0.1) is 5.69 Å². The minimum atomic E-state index is 0.584. The smallest absolute Gasteiger partial charge is 0.0724 e. The van der Waals surface area contributed by atoms with Crippen molar-refractivity contribution in [2.75, 3.05) is 6.54 Å². The van der Waals surface area contributed by atoms with Gasteiger partial charge in [-0.2, -0.15) is 0 Å². The van der Waals surface area contributed by atoms with E-state index in [1.807, 2.05) is 0 Å². The van der Waals surface area contributed by atoms with E-state index in [9.17, 15) is 0 Å². The third kappa shape index (κ3) is 3.93. The zero-order valence-electron chi connectivity index (χ0n) is 10.7. The lowest BCUT2D eigenvalue weighted by Crippen LogP contribution is -2.17. The molecule has 3 heteroatoms. The highest BCUT2D eigenvalue weighted by atomic mass is 14.9. The van der Waals surface area contributed by atoms with E-state index in [2.05, 4.69) is 52.5 Å². The van der Waals surface area contributed by atoms with Crippen LogP contribution in [0.2, 0.25) is 0 Å². The second-order valence-corrected chi connectivity index (χ2v) is 4.47. The summed E-state index contributed by atoms with van der Waals surface area (Å²) in [5.74, 6) is 0.584. The summed E-state index contributed by atoms with van der Waals surface area (Å²) in [6, 6.07) is 10.6. The van der Waals surface area contributed by atoms with Crippen molar-refractivity contribution in [3.63, 3.8) is 0 Å². The number of rotatable bonds is 6. The molecule has 0 fully saturated rings. The molecule has 0 aliphatic rings. The summed E-state index contributed by atoms with van der Waals surface area (Å²) in [4.78, 5) is 8.27. The predicted molar refractivity (Wildman–Crippen MR) is 73.2 cm³/mol. The van der Waals surface area contributed by atoms with Crippen LogP contribution >= 0.6 is 0 Å². The quantitative estimate of drug-likeness (QED) is 0.790. The second-order valence-electron chi connectivity index (χ2n) is 4.47. The van der Waals surface area contributed by atoms with Crippen molar-refractivity contribution in [1.29, 1.82) is 0 Å². The molecular formula is C15H19N3. The van der Waals surface area contributed by atoms with Gasteiger partial charge in [-0.05, 0) is 24.4 Å². The topological polar surface area (TPSA) is 37.8 Å². The summed E-state index contributed by atoms with van der Waals surface area (Å²) in [5, 5.41) is 3.40. The molecule has 0 aliphatic carbocycles. The summed E-state index contributed by atoms with van der Waals surface area (Å²) in [6.07, 6.45) is 6.35. The van der Waals surface area contributed by atoms with Crippen LogP contribution in [0.4, 0.5) is 0 Å². The average molecular weight is 241 g/mol. The molecule has 2 rings (SSSR count). The summed E-state index contributed by atoms with van der Waals surface area (Å²) < 4.78 is 0. The first kappa shape index (κ1) is 12.7. The normalized spacial score (nSPS) is 12.3. The standard InChI is InChI=1S/C15H19N3/c1-13(14-5-3-2-4-6-14)7-8-16-11-15-12-17-9-10-18-15/h2-6,9-10,12-13,16H,7-8,11H2,1H3. The number of hydrogen-bond acceptors (Lipinski definition) is 3. The van der Waals surface area contributed by atoms with Crippen LogP contribution in [0.25, 0.3) is 0 Å². The molecule has 0 aliphatic heterocycles. The maximum absolute atomic E-state index is 4.23. The molecular weight excluding hydrogens is 222 g/mol. The van der Waals surface area contributed by atoms with Gasteiger partial charge in [-0.1, -0.05) is 37.3 Å². The van der Waals surface area contributed by atoms with Crippen molar-refractivity contribution in [3.8, 4) is 0 Å². The minimum absolute atomic E-state index is 0.584. The van der Waals surface area contributed by atoms with E-state index in [4.69, 9.17) is 0 Å². The lowest BCUT2D eigenvalue weighted by Gasteiger charge is -2.12. The summed E-state index contributed by atoms with van der Waals surface area (Å²) in [6.45, 7) is 4.04. The molecule has 0 saturated heterocycles. The van der Waals surface area contributed by atoms with Crippen molar-refractivity contribution >= 4 is 0 Å². The van der Waals surface area contributed by atoms with Gasteiger partial charge in [0.1, 0.15) is 0 Å². The Morgan fingerprint density at radius 3 is 2.72 bits per heavy atom. The molecule has 1 N–H and O–H groups in total. The van der Waals surface area contributed by atoms with Crippen LogP contribution < -0.4 is 5.32 Å². The SMILES string of the molecule is CC(CCNCc1cnccn1)c1ccccc1. The average Bonchev–Trinajstić information content (AvgIpc) is 2.45. The van der Waals surface area contributed by atoms with E-state index < -0.39 is 0 Å². The Morgan fingerprint density at radius 1 is 1.17 bits per heavy atom. The molecule has 1 heterocycles. The van der Waals surface area contributed by atoms with Crippen LogP contribution in [0.3, 0.4) is 0 Å². The molecule has 94 valence electrons. The Hall–Kier alpha value is -1.74. The number of nitrogens with one attached hydrogen (secondary N) is 1. The largest absolute Gasteiger partial charge is 0.311 e. The highest BCUT2D eigenvalue weighted by Crippen LogP contribution is 2.17. The third-order valence-electron chi connectivity index (χ3n) is 3.05. The molecule has 0 spiro atoms. The molecule has 2 aromatic rings. The van der Waals surface area contributed by atoms with Gasteiger partial charge in [-0.25, -0.2) is 0 Å². The molecule has 3 nitrogen and oxygen atoms in total. The van der Waals surface area contributed by atoms with Gasteiger partial charge in [0.25, 0.3) is 0 Å². The van der Waals surface area contributed by atoms with E-state index >= 15 is 0 Å². The summed E-state index contributed by atoms with van der Waals surface area (Å²) in [7, 11) is 0. The minimum Gasteiger partial charge on any atom is -0.311 e. The second kappa shape index (κ2) is 6.87. The Balaban J connectivity index is 1.70. The van der Waals surface area contributed by atoms with Gasteiger partial charge in [0.15, 0.2) is 0 Å². The first-order valence-electron chi connectivity index (χ1n) is 6.37. The van der Waals surface area contributed by atoms with Crippen LogP contribution in [-0.2, 0) is 6.54 Å². The van der Waals surface area contributed by atoms with Crippen LogP contribution in [0, 0.1) is 0 Å². The van der Waals surface area contributed by atoms with Crippen LogP contribution in [0.1, 0.15) is 30.5 Å². The van der Waals surface area contributed by atoms with Crippen LogP contribution in [-0.4, -0.2) is 16.5 Å². The molecule has 0 bridgehead atoms. The van der Waals surface area contributed by atoms with Gasteiger partial charge in [-0.15, -0.1) is 0 Å². The Kier molecular flexibility index (Phi) is 4.85. The lowest BCUT2D eigenvalue weighted by molar-refractivity contribution is 0.588. The molecule has 1 unspecified atom stereocenters. The van der Waals surface area contributed by atoms with Crippen molar-refractivity contribution in [1.82, 2.24) is 15.3 Å². The first-order valence-corrected chi connectivity index (χ1v) is 6.37. The van der Waals surface area contributed by atoms with E-state index in [0.717, 1.165) is 25.2 Å². The third-order valence-corrected chi connectivity index (χ3v) is 3.05. The number of aromatic nitrogens is 2. The predicted octanol–water partition coefficient (Wildman–Crippen LogP) is 2.76. The van der Waals surface area contributed by atoms with Crippen molar-refractivity contribution < 1.29 is 0 Å². The maximum atomic E-state index is 4.23. The molecule has 18 heavy (non-hydrogen) atoms. The fourth-order valence-electron chi connectivity index (χ4n) is 1.90. The highest BCUT2D eigenvalue weighted by Gasteiger charge is 2.03. The fourth-order valence-corrected chi connectivity index (χ4v) is 1.90. The van der Waals surface area contributed by atoms with Crippen LogP contribution in [0.15, 0.2) is 48.9 Å². The van der Waals surface area contributed by atoms with E-state index in [0.29, 0.717) is 5.92 Å². The molecule has 1 aromatic carbocycles. The molecule has 0 radical (unpaired) electrons. The van der Waals surface area contributed by atoms with Gasteiger partial charge >= 0.3 is 0 Å². The molecule has 1 aromatic heterocycles. The number of benzene rings is 1. The fraction of sp³-hybridized carbons (Fsp3) is 0.333. The Bertz CT molecular complexity index is 442. The highest BCUT2D eigenvalue weighted by molar-refractivity contribution is 5.18. The van der Waals surface area contributed by atoms with Gasteiger partial charge < -0.3 is 5.32 Å². The van der Waals surface area contributed by atoms with Crippen molar-refractivity contribution in [3.05, 3.63) is 60.2 Å². The zero-order valence-corrected chi connectivity index (χ0v) is 10.7.